The molecule has 4 heterocycles. The van der Waals surface area contributed by atoms with E-state index >= 15 is 8.78 Å². The van der Waals surface area contributed by atoms with Gasteiger partial charge in [-0.25, -0.2) is 28.5 Å². The van der Waals surface area contributed by atoms with E-state index in [4.69, 9.17) is 9.47 Å². The van der Waals surface area contributed by atoms with Crippen LogP contribution < -0.4 is 20.3 Å². The molecule has 1 aliphatic carbocycles. The second-order valence-electron chi connectivity index (χ2n) is 10.3. The largest absolute Gasteiger partial charge is 0.465 e. The number of halogens is 2. The van der Waals surface area contributed by atoms with Crippen molar-refractivity contribution in [3.8, 4) is 5.88 Å². The molecule has 2 atom stereocenters. The molecule has 2 unspecified atom stereocenters. The molecule has 1 aromatic carbocycles. The molecule has 2 amide bonds. The quantitative estimate of drug-likeness (QED) is 0.364. The molecule has 14 heteroatoms. The van der Waals surface area contributed by atoms with Gasteiger partial charge in [-0.2, -0.15) is 0 Å². The molecule has 0 spiro atoms. The smallest absolute Gasteiger partial charge is 0.415 e. The van der Waals surface area contributed by atoms with E-state index in [0.717, 1.165) is 0 Å². The SMILES string of the molecule is CN(C)Cc1nc2c(F)c3c(c(F)c2[nH]1)CC(CNCCC1CN(c2cnc4c(n2)NC(=O)CO4)C(=O)O1)C3. The number of anilines is 2. The third-order valence-electron chi connectivity index (χ3n) is 7.08. The average Bonchev–Trinajstić information content (AvgIpc) is 3.61. The number of ether oxygens (including phenoxy) is 2. The van der Waals surface area contributed by atoms with E-state index in [1.807, 2.05) is 19.0 Å². The Balaban J connectivity index is 1.02. The summed E-state index contributed by atoms with van der Waals surface area (Å²) in [6.07, 6.45) is 1.89. The summed E-state index contributed by atoms with van der Waals surface area (Å²) in [7, 11) is 3.73. The Morgan fingerprint density at radius 1 is 1.18 bits per heavy atom. The molecule has 3 aromatic rings. The number of nitrogens with one attached hydrogen (secondary N) is 3. The van der Waals surface area contributed by atoms with Gasteiger partial charge >= 0.3 is 6.09 Å². The van der Waals surface area contributed by atoms with Crippen LogP contribution in [0.4, 0.5) is 25.2 Å². The summed E-state index contributed by atoms with van der Waals surface area (Å²) in [4.78, 5) is 42.8. The van der Waals surface area contributed by atoms with Crippen LogP contribution >= 0.6 is 0 Å². The molecular formula is C25H28F2N8O4. The summed E-state index contributed by atoms with van der Waals surface area (Å²) in [5, 5.41) is 5.90. The van der Waals surface area contributed by atoms with Gasteiger partial charge in [-0.3, -0.25) is 9.69 Å². The first kappa shape index (κ1) is 25.4. The van der Waals surface area contributed by atoms with E-state index in [9.17, 15) is 9.59 Å². The maximum Gasteiger partial charge on any atom is 0.415 e. The predicted molar refractivity (Wildman–Crippen MR) is 136 cm³/mol. The van der Waals surface area contributed by atoms with Gasteiger partial charge in [-0.1, -0.05) is 0 Å². The summed E-state index contributed by atoms with van der Waals surface area (Å²) in [6.45, 7) is 1.74. The maximum atomic E-state index is 15.2. The predicted octanol–water partition coefficient (Wildman–Crippen LogP) is 1.74. The number of aromatic amines is 1. The lowest BCUT2D eigenvalue weighted by Crippen LogP contribution is -2.30. The summed E-state index contributed by atoms with van der Waals surface area (Å²) in [6, 6.07) is 0. The zero-order valence-corrected chi connectivity index (χ0v) is 21.5. The fraction of sp³-hybridized carbons (Fsp3) is 0.480. The number of H-pyrrole nitrogens is 1. The number of carbonyl (C=O) groups is 2. The highest BCUT2D eigenvalue weighted by molar-refractivity contribution is 5.94. The van der Waals surface area contributed by atoms with Crippen LogP contribution in [0.5, 0.6) is 5.88 Å². The van der Waals surface area contributed by atoms with Gasteiger partial charge in [0.25, 0.3) is 11.8 Å². The van der Waals surface area contributed by atoms with Crippen LogP contribution in [0, 0.1) is 17.6 Å². The summed E-state index contributed by atoms with van der Waals surface area (Å²) in [5.74, 6) is -0.0243. The molecule has 39 heavy (non-hydrogen) atoms. The van der Waals surface area contributed by atoms with Gasteiger partial charge in [0.15, 0.2) is 29.9 Å². The van der Waals surface area contributed by atoms with E-state index < -0.39 is 17.7 Å². The van der Waals surface area contributed by atoms with Gasteiger partial charge in [-0.15, -0.1) is 0 Å². The van der Waals surface area contributed by atoms with Gasteiger partial charge < -0.3 is 30.0 Å². The molecule has 1 saturated heterocycles. The third kappa shape index (κ3) is 4.85. The molecule has 0 saturated carbocycles. The van der Waals surface area contributed by atoms with E-state index in [1.165, 1.54) is 11.1 Å². The number of rotatable bonds is 8. The highest BCUT2D eigenvalue weighted by Crippen LogP contribution is 2.36. The number of carbonyl (C=O) groups excluding carboxylic acids is 2. The van der Waals surface area contributed by atoms with Crippen LogP contribution in [0.15, 0.2) is 6.20 Å². The summed E-state index contributed by atoms with van der Waals surface area (Å²) in [5.41, 5.74) is 1.01. The van der Waals surface area contributed by atoms with Gasteiger partial charge in [0.1, 0.15) is 23.0 Å². The molecule has 2 aromatic heterocycles. The van der Waals surface area contributed by atoms with E-state index in [2.05, 4.69) is 30.6 Å². The normalized spacial score (nSPS) is 18.9. The number of benzene rings is 1. The number of amides is 2. The van der Waals surface area contributed by atoms with Crippen molar-refractivity contribution < 1.29 is 27.8 Å². The summed E-state index contributed by atoms with van der Waals surface area (Å²) < 4.78 is 41.1. The lowest BCUT2D eigenvalue weighted by atomic mass is 10.1. The Morgan fingerprint density at radius 2 is 1.97 bits per heavy atom. The van der Waals surface area contributed by atoms with Crippen molar-refractivity contribution in [2.75, 3.05) is 50.6 Å². The molecule has 0 radical (unpaired) electrons. The van der Waals surface area contributed by atoms with Crippen molar-refractivity contribution in [1.82, 2.24) is 30.2 Å². The van der Waals surface area contributed by atoms with Crippen LogP contribution in [0.3, 0.4) is 0 Å². The number of imidazole rings is 1. The van der Waals surface area contributed by atoms with E-state index in [-0.39, 0.29) is 59.6 Å². The van der Waals surface area contributed by atoms with Crippen molar-refractivity contribution in [2.24, 2.45) is 5.92 Å². The Labute approximate surface area is 222 Å². The summed E-state index contributed by atoms with van der Waals surface area (Å²) >= 11 is 0. The van der Waals surface area contributed by atoms with Crippen molar-refractivity contribution in [3.63, 3.8) is 0 Å². The molecule has 206 valence electrons. The van der Waals surface area contributed by atoms with Crippen LogP contribution in [0.25, 0.3) is 11.0 Å². The zero-order valence-electron chi connectivity index (χ0n) is 21.5. The second-order valence-corrected chi connectivity index (χ2v) is 10.3. The van der Waals surface area contributed by atoms with Gasteiger partial charge in [-0.05, 0) is 63.5 Å². The number of hydrogen-bond acceptors (Lipinski definition) is 9. The van der Waals surface area contributed by atoms with Crippen molar-refractivity contribution in [2.45, 2.75) is 31.9 Å². The minimum Gasteiger partial charge on any atom is -0.465 e. The van der Waals surface area contributed by atoms with Gasteiger partial charge in [0, 0.05) is 0 Å². The van der Waals surface area contributed by atoms with Gasteiger partial charge in [0.2, 0.25) is 0 Å². The minimum atomic E-state index is -0.549. The number of hydrogen-bond donors (Lipinski definition) is 3. The lowest BCUT2D eigenvalue weighted by Gasteiger charge is -2.18. The molecule has 2 aliphatic heterocycles. The number of cyclic esters (lactones) is 1. The molecule has 6 rings (SSSR count). The Hall–Kier alpha value is -3.91. The monoisotopic (exact) mass is 542 g/mol. The Bertz CT molecular complexity index is 1410. The van der Waals surface area contributed by atoms with Crippen LogP contribution in [0.2, 0.25) is 0 Å². The first-order valence-corrected chi connectivity index (χ1v) is 12.8. The van der Waals surface area contributed by atoms with Crippen LogP contribution in [-0.2, 0) is 28.9 Å². The third-order valence-corrected chi connectivity index (χ3v) is 7.08. The van der Waals surface area contributed by atoms with Crippen molar-refractivity contribution >= 4 is 34.7 Å². The number of aromatic nitrogens is 4. The number of fused-ring (bicyclic) bond motifs is 3. The zero-order chi connectivity index (χ0) is 27.3. The highest BCUT2D eigenvalue weighted by Gasteiger charge is 2.35. The first-order chi connectivity index (χ1) is 18.8. The fourth-order valence-corrected chi connectivity index (χ4v) is 5.31. The fourth-order valence-electron chi connectivity index (χ4n) is 5.31. The van der Waals surface area contributed by atoms with E-state index in [0.29, 0.717) is 55.8 Å². The van der Waals surface area contributed by atoms with Gasteiger partial charge in [0.05, 0.1) is 19.3 Å². The molecule has 0 bridgehead atoms. The van der Waals surface area contributed by atoms with Crippen molar-refractivity contribution in [3.05, 3.63) is 34.8 Å². The molecule has 3 N–H and O–H groups in total. The Morgan fingerprint density at radius 3 is 2.77 bits per heavy atom. The molecular weight excluding hydrogens is 514 g/mol. The standard InChI is InChI=1S/C25H28F2N8O4/c1-34(2)10-16-30-21-19(26)14-5-12(6-15(14)20(27)22(21)31-16)7-28-4-3-13-9-35(25(37)39-13)17-8-29-24-23(32-17)33-18(36)11-38-24/h8,12-13,28H,3-7,9-11H2,1-2H3,(H,30,31)(H,32,33,36). The second kappa shape index (κ2) is 10.0. The molecule has 1 fully saturated rings. The minimum absolute atomic E-state index is 0.0441. The van der Waals surface area contributed by atoms with Crippen molar-refractivity contribution in [1.29, 1.82) is 0 Å². The first-order valence-electron chi connectivity index (χ1n) is 12.8. The van der Waals surface area contributed by atoms with E-state index in [1.54, 1.807) is 0 Å². The highest BCUT2D eigenvalue weighted by atomic mass is 19.1. The topological polar surface area (TPSA) is 138 Å². The van der Waals surface area contributed by atoms with Crippen LogP contribution in [-0.4, -0.2) is 83.3 Å². The van der Waals surface area contributed by atoms with Crippen LogP contribution in [0.1, 0.15) is 23.4 Å². The average molecular weight is 543 g/mol. The number of nitrogens with zero attached hydrogens (tertiary/aromatic N) is 5. The Kier molecular flexibility index (Phi) is 6.51. The molecule has 3 aliphatic rings. The molecule has 12 nitrogen and oxygen atoms in total. The lowest BCUT2D eigenvalue weighted by molar-refractivity contribution is -0.118. The maximum absolute atomic E-state index is 15.2.